The average Bonchev–Trinajstić information content (AvgIpc) is 2.50. The van der Waals surface area contributed by atoms with Gasteiger partial charge >= 0.3 is 0 Å². The number of rotatable bonds is 5. The second-order valence-corrected chi connectivity index (χ2v) is 4.89. The maximum absolute atomic E-state index is 4.46. The minimum absolute atomic E-state index is 0.841. The molecule has 0 bridgehead atoms. The number of hydrogen-bond acceptors (Lipinski definition) is 2. The predicted molar refractivity (Wildman–Crippen MR) is 71.4 cm³/mol. The van der Waals surface area contributed by atoms with Gasteiger partial charge in [0.05, 0.1) is 15.9 Å². The van der Waals surface area contributed by atoms with Gasteiger partial charge in [0.25, 0.3) is 0 Å². The van der Waals surface area contributed by atoms with Crippen molar-refractivity contribution in [3.8, 4) is 0 Å². The molecule has 0 unspecified atom stereocenters. The molecule has 0 amide bonds. The Balaban J connectivity index is 2.60. The minimum atomic E-state index is 0.841. The molecule has 16 heavy (non-hydrogen) atoms. The number of aryl methyl sites for hydroxylation is 2. The molecular formula is C12H20BrN3. The molecule has 0 aliphatic rings. The molecule has 0 aromatic carbocycles. The van der Waals surface area contributed by atoms with Crippen LogP contribution in [0.1, 0.15) is 32.2 Å². The highest BCUT2D eigenvalue weighted by Gasteiger charge is 2.11. The molecule has 0 spiro atoms. The third-order valence-electron chi connectivity index (χ3n) is 2.45. The molecule has 1 rings (SSSR count). The number of allylic oxidation sites excluding steroid dienone is 1. The highest BCUT2D eigenvalue weighted by molar-refractivity contribution is 9.10. The van der Waals surface area contributed by atoms with Crippen LogP contribution in [0.2, 0.25) is 0 Å². The molecule has 1 heterocycles. The van der Waals surface area contributed by atoms with E-state index >= 15 is 0 Å². The van der Waals surface area contributed by atoms with Crippen LogP contribution in [0.25, 0.3) is 0 Å². The Morgan fingerprint density at radius 2 is 2.19 bits per heavy atom. The highest BCUT2D eigenvalue weighted by atomic mass is 79.9. The van der Waals surface area contributed by atoms with Gasteiger partial charge in [0, 0.05) is 20.1 Å². The van der Waals surface area contributed by atoms with E-state index in [0.29, 0.717) is 0 Å². The number of hydrogen-bond donors (Lipinski definition) is 1. The van der Waals surface area contributed by atoms with E-state index in [1.165, 1.54) is 11.3 Å². The van der Waals surface area contributed by atoms with Gasteiger partial charge in [-0.25, -0.2) is 0 Å². The fraction of sp³-hybridized carbons (Fsp3) is 0.583. The molecule has 0 aliphatic heterocycles. The summed E-state index contributed by atoms with van der Waals surface area (Å²) in [4.78, 5) is 0. The Morgan fingerprint density at radius 3 is 2.69 bits per heavy atom. The van der Waals surface area contributed by atoms with Crippen LogP contribution in [-0.2, 0) is 20.0 Å². The Kier molecular flexibility index (Phi) is 5.22. The highest BCUT2D eigenvalue weighted by Crippen LogP contribution is 2.21. The normalized spacial score (nSPS) is 10.6. The van der Waals surface area contributed by atoms with Gasteiger partial charge in [-0.1, -0.05) is 18.6 Å². The first-order valence-corrected chi connectivity index (χ1v) is 6.39. The fourth-order valence-corrected chi connectivity index (χ4v) is 2.24. The monoisotopic (exact) mass is 285 g/mol. The zero-order valence-electron chi connectivity index (χ0n) is 10.5. The lowest BCUT2D eigenvalue weighted by molar-refractivity contribution is 0.648. The largest absolute Gasteiger partial charge is 0.308 e. The van der Waals surface area contributed by atoms with Crippen molar-refractivity contribution in [3.05, 3.63) is 27.5 Å². The smallest absolute Gasteiger partial charge is 0.0767 e. The number of nitrogens with zero attached hydrogens (tertiary/aromatic N) is 2. The lowest BCUT2D eigenvalue weighted by Gasteiger charge is -2.03. The van der Waals surface area contributed by atoms with Crippen LogP contribution >= 0.6 is 15.9 Å². The molecule has 0 fully saturated rings. The molecule has 1 N–H and O–H groups in total. The zero-order chi connectivity index (χ0) is 12.1. The molecule has 1 aromatic rings. The van der Waals surface area contributed by atoms with E-state index in [9.17, 15) is 0 Å². The summed E-state index contributed by atoms with van der Waals surface area (Å²) in [6.07, 6.45) is 3.15. The van der Waals surface area contributed by atoms with E-state index in [4.69, 9.17) is 0 Å². The molecule has 90 valence electrons. The van der Waals surface area contributed by atoms with E-state index in [-0.39, 0.29) is 0 Å². The van der Waals surface area contributed by atoms with Gasteiger partial charge in [-0.15, -0.1) is 0 Å². The van der Waals surface area contributed by atoms with Gasteiger partial charge in [0.15, 0.2) is 0 Å². The minimum Gasteiger partial charge on any atom is -0.308 e. The average molecular weight is 286 g/mol. The molecule has 0 atom stereocenters. The van der Waals surface area contributed by atoms with Crippen molar-refractivity contribution in [1.29, 1.82) is 0 Å². The first-order valence-electron chi connectivity index (χ1n) is 5.60. The number of halogens is 1. The van der Waals surface area contributed by atoms with E-state index in [0.717, 1.165) is 29.7 Å². The maximum Gasteiger partial charge on any atom is 0.0767 e. The summed E-state index contributed by atoms with van der Waals surface area (Å²) in [5.41, 5.74) is 3.67. The molecule has 0 saturated carbocycles. The van der Waals surface area contributed by atoms with Crippen LogP contribution < -0.4 is 5.32 Å². The SMILES string of the molecule is CCc1nn(C)c(CNCC=C(C)C)c1Br. The van der Waals surface area contributed by atoms with Crippen LogP contribution in [0.5, 0.6) is 0 Å². The second kappa shape index (κ2) is 6.21. The summed E-state index contributed by atoms with van der Waals surface area (Å²) in [6.45, 7) is 8.08. The van der Waals surface area contributed by atoms with Gasteiger partial charge in [0.1, 0.15) is 0 Å². The summed E-state index contributed by atoms with van der Waals surface area (Å²) in [5, 5.41) is 7.84. The number of aromatic nitrogens is 2. The molecule has 1 aromatic heterocycles. The van der Waals surface area contributed by atoms with Gasteiger partial charge in [-0.3, -0.25) is 4.68 Å². The van der Waals surface area contributed by atoms with E-state index in [1.54, 1.807) is 0 Å². The summed E-state index contributed by atoms with van der Waals surface area (Å²) in [6, 6.07) is 0. The Hall–Kier alpha value is -0.610. The van der Waals surface area contributed by atoms with Gasteiger partial charge in [-0.2, -0.15) is 5.10 Å². The van der Waals surface area contributed by atoms with Crippen molar-refractivity contribution >= 4 is 15.9 Å². The molecular weight excluding hydrogens is 266 g/mol. The van der Waals surface area contributed by atoms with Crippen LogP contribution in [0.15, 0.2) is 16.1 Å². The lowest BCUT2D eigenvalue weighted by Crippen LogP contribution is -2.16. The maximum atomic E-state index is 4.46. The lowest BCUT2D eigenvalue weighted by atomic mass is 10.3. The van der Waals surface area contributed by atoms with Crippen molar-refractivity contribution in [2.45, 2.75) is 33.7 Å². The van der Waals surface area contributed by atoms with Crippen molar-refractivity contribution in [3.63, 3.8) is 0 Å². The molecule has 0 saturated heterocycles. The second-order valence-electron chi connectivity index (χ2n) is 4.10. The van der Waals surface area contributed by atoms with Gasteiger partial charge in [0.2, 0.25) is 0 Å². The van der Waals surface area contributed by atoms with Crippen LogP contribution in [0.4, 0.5) is 0 Å². The van der Waals surface area contributed by atoms with E-state index in [1.807, 2.05) is 11.7 Å². The van der Waals surface area contributed by atoms with E-state index < -0.39 is 0 Å². The Labute approximate surface area is 106 Å². The molecule has 0 aliphatic carbocycles. The zero-order valence-corrected chi connectivity index (χ0v) is 12.1. The summed E-state index contributed by atoms with van der Waals surface area (Å²) < 4.78 is 3.08. The Morgan fingerprint density at radius 1 is 1.50 bits per heavy atom. The Bertz CT molecular complexity index is 376. The van der Waals surface area contributed by atoms with Crippen molar-refractivity contribution in [2.24, 2.45) is 7.05 Å². The van der Waals surface area contributed by atoms with Gasteiger partial charge < -0.3 is 5.32 Å². The molecule has 3 nitrogen and oxygen atoms in total. The first-order chi connectivity index (χ1) is 7.56. The van der Waals surface area contributed by atoms with Crippen molar-refractivity contribution in [1.82, 2.24) is 15.1 Å². The van der Waals surface area contributed by atoms with Crippen molar-refractivity contribution in [2.75, 3.05) is 6.54 Å². The molecule has 4 heteroatoms. The fourth-order valence-electron chi connectivity index (χ4n) is 1.48. The van der Waals surface area contributed by atoms with Gasteiger partial charge in [-0.05, 0) is 36.2 Å². The summed E-state index contributed by atoms with van der Waals surface area (Å²) >= 11 is 3.60. The summed E-state index contributed by atoms with van der Waals surface area (Å²) in [5.74, 6) is 0. The van der Waals surface area contributed by atoms with Crippen LogP contribution in [-0.4, -0.2) is 16.3 Å². The van der Waals surface area contributed by atoms with Crippen molar-refractivity contribution < 1.29 is 0 Å². The predicted octanol–water partition coefficient (Wildman–Crippen LogP) is 2.80. The van der Waals surface area contributed by atoms with Crippen LogP contribution in [0, 0.1) is 0 Å². The summed E-state index contributed by atoms with van der Waals surface area (Å²) in [7, 11) is 1.99. The quantitative estimate of drug-likeness (QED) is 0.666. The first kappa shape index (κ1) is 13.5. The third-order valence-corrected chi connectivity index (χ3v) is 3.37. The standard InChI is InChI=1S/C12H20BrN3/c1-5-10-12(13)11(16(4)15-10)8-14-7-6-9(2)3/h6,14H,5,7-8H2,1-4H3. The van der Waals surface area contributed by atoms with Crippen LogP contribution in [0.3, 0.4) is 0 Å². The number of nitrogens with one attached hydrogen (secondary N) is 1. The third kappa shape index (κ3) is 3.46. The topological polar surface area (TPSA) is 29.9 Å². The molecule has 0 radical (unpaired) electrons. The van der Waals surface area contributed by atoms with E-state index in [2.05, 4.69) is 53.2 Å².